The lowest BCUT2D eigenvalue weighted by molar-refractivity contribution is 0.919. The Balaban J connectivity index is 2.78. The number of aromatic nitrogens is 2. The molecule has 1 rings (SSSR count). The molecule has 0 aromatic carbocycles. The van der Waals surface area contributed by atoms with Gasteiger partial charge in [0.1, 0.15) is 17.5 Å². The van der Waals surface area contributed by atoms with Crippen LogP contribution in [0.3, 0.4) is 0 Å². The third-order valence-electron chi connectivity index (χ3n) is 2.10. The molecule has 1 aromatic heterocycles. The summed E-state index contributed by atoms with van der Waals surface area (Å²) in [6.07, 6.45) is 2.11. The molecule has 0 bridgehead atoms. The van der Waals surface area contributed by atoms with Crippen molar-refractivity contribution in [3.05, 3.63) is 11.9 Å². The topological polar surface area (TPSA) is 41.0 Å². The number of rotatable bonds is 5. The number of nitrogens with zero attached hydrogens (tertiary/aromatic N) is 3. The van der Waals surface area contributed by atoms with Crippen LogP contribution in [0.4, 0.5) is 11.6 Å². The highest BCUT2D eigenvalue weighted by molar-refractivity contribution is 7.98. The normalized spacial score (nSPS) is 10.1. The smallest absolute Gasteiger partial charge is 0.134 e. The predicted molar refractivity (Wildman–Crippen MR) is 68.0 cm³/mol. The van der Waals surface area contributed by atoms with Crippen LogP contribution in [0.2, 0.25) is 0 Å². The van der Waals surface area contributed by atoms with Gasteiger partial charge >= 0.3 is 0 Å². The largest absolute Gasteiger partial charge is 0.373 e. The second-order valence-electron chi connectivity index (χ2n) is 3.32. The number of thioether (sulfide) groups is 1. The molecule has 0 amide bonds. The number of hydrogen-bond acceptors (Lipinski definition) is 5. The number of anilines is 2. The van der Waals surface area contributed by atoms with Crippen LogP contribution in [-0.2, 0) is 0 Å². The van der Waals surface area contributed by atoms with E-state index in [0.717, 1.165) is 29.8 Å². The van der Waals surface area contributed by atoms with Gasteiger partial charge < -0.3 is 10.2 Å². The van der Waals surface area contributed by atoms with Gasteiger partial charge in [-0.1, -0.05) is 0 Å². The minimum atomic E-state index is 0.799. The maximum atomic E-state index is 4.40. The zero-order valence-corrected chi connectivity index (χ0v) is 10.6. The maximum absolute atomic E-state index is 4.40. The van der Waals surface area contributed by atoms with E-state index in [-0.39, 0.29) is 0 Å². The Labute approximate surface area is 95.5 Å². The van der Waals surface area contributed by atoms with E-state index in [0.29, 0.717) is 0 Å². The van der Waals surface area contributed by atoms with Crippen molar-refractivity contribution in [3.63, 3.8) is 0 Å². The average Bonchev–Trinajstić information content (AvgIpc) is 2.24. The summed E-state index contributed by atoms with van der Waals surface area (Å²) < 4.78 is 0. The van der Waals surface area contributed by atoms with E-state index in [2.05, 4.69) is 33.5 Å². The molecule has 0 aliphatic carbocycles. The van der Waals surface area contributed by atoms with Crippen molar-refractivity contribution in [2.75, 3.05) is 42.9 Å². The standard InChI is InChI=1S/C10H18N4S/c1-8-12-9(11-2)7-10(13-8)14(3)5-6-15-4/h7H,5-6H2,1-4H3,(H,11,12,13). The van der Waals surface area contributed by atoms with E-state index >= 15 is 0 Å². The van der Waals surface area contributed by atoms with Crippen LogP contribution < -0.4 is 10.2 Å². The number of aryl methyl sites for hydroxylation is 1. The van der Waals surface area contributed by atoms with Crippen molar-refractivity contribution in [2.24, 2.45) is 0 Å². The fourth-order valence-electron chi connectivity index (χ4n) is 1.22. The van der Waals surface area contributed by atoms with Crippen molar-refractivity contribution in [1.82, 2.24) is 9.97 Å². The van der Waals surface area contributed by atoms with Crippen LogP contribution in [0, 0.1) is 6.92 Å². The summed E-state index contributed by atoms with van der Waals surface area (Å²) in [6, 6.07) is 1.97. The molecule has 0 aliphatic rings. The van der Waals surface area contributed by atoms with E-state index in [1.54, 1.807) is 0 Å². The second kappa shape index (κ2) is 5.80. The molecule has 5 heteroatoms. The van der Waals surface area contributed by atoms with Crippen molar-refractivity contribution >= 4 is 23.4 Å². The summed E-state index contributed by atoms with van der Waals surface area (Å²) in [6.45, 7) is 2.91. The Morgan fingerprint density at radius 2 is 2.20 bits per heavy atom. The van der Waals surface area contributed by atoms with Gasteiger partial charge in [-0.05, 0) is 13.2 Å². The minimum absolute atomic E-state index is 0.799. The van der Waals surface area contributed by atoms with E-state index in [4.69, 9.17) is 0 Å². The highest BCUT2D eigenvalue weighted by Crippen LogP contribution is 2.14. The first-order valence-electron chi connectivity index (χ1n) is 4.91. The third-order valence-corrected chi connectivity index (χ3v) is 2.69. The molecule has 0 unspecified atom stereocenters. The van der Waals surface area contributed by atoms with Gasteiger partial charge in [-0.2, -0.15) is 11.8 Å². The Morgan fingerprint density at radius 1 is 1.47 bits per heavy atom. The maximum Gasteiger partial charge on any atom is 0.134 e. The lowest BCUT2D eigenvalue weighted by Crippen LogP contribution is -2.22. The first kappa shape index (κ1) is 12.1. The van der Waals surface area contributed by atoms with Gasteiger partial charge in [0.15, 0.2) is 0 Å². The molecule has 0 atom stereocenters. The zero-order chi connectivity index (χ0) is 11.3. The summed E-state index contributed by atoms with van der Waals surface area (Å²) in [5, 5.41) is 3.04. The quantitative estimate of drug-likeness (QED) is 0.826. The Bertz CT molecular complexity index is 316. The van der Waals surface area contributed by atoms with E-state index in [9.17, 15) is 0 Å². The molecule has 0 aliphatic heterocycles. The molecule has 0 spiro atoms. The number of nitrogens with one attached hydrogen (secondary N) is 1. The number of hydrogen-bond donors (Lipinski definition) is 1. The van der Waals surface area contributed by atoms with Gasteiger partial charge in [-0.25, -0.2) is 9.97 Å². The van der Waals surface area contributed by atoms with E-state index < -0.39 is 0 Å². The molecule has 4 nitrogen and oxygen atoms in total. The summed E-state index contributed by atoms with van der Waals surface area (Å²) >= 11 is 1.84. The van der Waals surface area contributed by atoms with Crippen LogP contribution in [-0.4, -0.2) is 42.6 Å². The monoisotopic (exact) mass is 226 g/mol. The SMILES string of the molecule is CNc1cc(N(C)CCSC)nc(C)n1. The van der Waals surface area contributed by atoms with Crippen molar-refractivity contribution in [1.29, 1.82) is 0 Å². The highest BCUT2D eigenvalue weighted by Gasteiger charge is 2.05. The van der Waals surface area contributed by atoms with E-state index in [1.807, 2.05) is 31.8 Å². The molecular formula is C10H18N4S. The average molecular weight is 226 g/mol. The Hall–Kier alpha value is -0.970. The first-order chi connectivity index (χ1) is 7.17. The molecule has 0 fully saturated rings. The fourth-order valence-corrected chi connectivity index (χ4v) is 1.67. The van der Waals surface area contributed by atoms with Crippen LogP contribution >= 0.6 is 11.8 Å². The molecule has 0 saturated heterocycles. The Morgan fingerprint density at radius 3 is 2.80 bits per heavy atom. The summed E-state index contributed by atoms with van der Waals surface area (Å²) in [5.41, 5.74) is 0. The molecule has 15 heavy (non-hydrogen) atoms. The molecule has 84 valence electrons. The molecular weight excluding hydrogens is 208 g/mol. The first-order valence-corrected chi connectivity index (χ1v) is 6.30. The lowest BCUT2D eigenvalue weighted by Gasteiger charge is -2.18. The van der Waals surface area contributed by atoms with Crippen molar-refractivity contribution in [3.8, 4) is 0 Å². The van der Waals surface area contributed by atoms with Crippen LogP contribution in [0.25, 0.3) is 0 Å². The highest BCUT2D eigenvalue weighted by atomic mass is 32.2. The molecule has 1 aromatic rings. The predicted octanol–water partition coefficient (Wildman–Crippen LogP) is 1.63. The van der Waals surface area contributed by atoms with Crippen LogP contribution in [0.15, 0.2) is 6.07 Å². The van der Waals surface area contributed by atoms with Gasteiger partial charge in [0, 0.05) is 32.5 Å². The Kier molecular flexibility index (Phi) is 4.68. The van der Waals surface area contributed by atoms with Gasteiger partial charge in [-0.3, -0.25) is 0 Å². The minimum Gasteiger partial charge on any atom is -0.373 e. The van der Waals surface area contributed by atoms with Crippen LogP contribution in [0.5, 0.6) is 0 Å². The summed E-state index contributed by atoms with van der Waals surface area (Å²) in [7, 11) is 3.92. The second-order valence-corrected chi connectivity index (χ2v) is 4.31. The third kappa shape index (κ3) is 3.58. The van der Waals surface area contributed by atoms with E-state index in [1.165, 1.54) is 0 Å². The molecule has 1 N–H and O–H groups in total. The van der Waals surface area contributed by atoms with Crippen molar-refractivity contribution < 1.29 is 0 Å². The zero-order valence-electron chi connectivity index (χ0n) is 9.74. The summed E-state index contributed by atoms with van der Waals surface area (Å²) in [4.78, 5) is 10.8. The van der Waals surface area contributed by atoms with Gasteiger partial charge in [0.25, 0.3) is 0 Å². The summed E-state index contributed by atoms with van der Waals surface area (Å²) in [5.74, 6) is 3.75. The van der Waals surface area contributed by atoms with Gasteiger partial charge in [0.05, 0.1) is 0 Å². The molecule has 0 saturated carbocycles. The fraction of sp³-hybridized carbons (Fsp3) is 0.600. The molecule has 0 radical (unpaired) electrons. The van der Waals surface area contributed by atoms with Gasteiger partial charge in [0.2, 0.25) is 0 Å². The van der Waals surface area contributed by atoms with Crippen molar-refractivity contribution in [2.45, 2.75) is 6.92 Å². The van der Waals surface area contributed by atoms with Crippen LogP contribution in [0.1, 0.15) is 5.82 Å². The lowest BCUT2D eigenvalue weighted by atomic mass is 10.4. The van der Waals surface area contributed by atoms with Gasteiger partial charge in [-0.15, -0.1) is 0 Å². The molecule has 1 heterocycles.